The summed E-state index contributed by atoms with van der Waals surface area (Å²) in [6.07, 6.45) is 6.86. The first-order valence-electron chi connectivity index (χ1n) is 8.42. The summed E-state index contributed by atoms with van der Waals surface area (Å²) in [6.45, 7) is 0.755. The number of fused-ring (bicyclic) bond motifs is 1. The van der Waals surface area contributed by atoms with Gasteiger partial charge in [0.25, 0.3) is 0 Å². The predicted octanol–water partition coefficient (Wildman–Crippen LogP) is 2.99. The Labute approximate surface area is 156 Å². The van der Waals surface area contributed by atoms with E-state index in [1.165, 1.54) is 5.41 Å². The maximum absolute atomic E-state index is 12.1. The number of furan rings is 1. The largest absolute Gasteiger partial charge is 0.463 e. The van der Waals surface area contributed by atoms with Crippen LogP contribution in [-0.2, 0) is 16.6 Å². The smallest absolute Gasteiger partial charge is 0.233 e. The van der Waals surface area contributed by atoms with Crippen molar-refractivity contribution in [2.75, 3.05) is 6.54 Å². The first-order valence-corrected chi connectivity index (χ1v) is 9.97. The zero-order valence-electron chi connectivity index (χ0n) is 14.4. The molecule has 1 N–H and O–H groups in total. The minimum Gasteiger partial charge on any atom is -0.463 e. The minimum absolute atomic E-state index is 0.271. The summed E-state index contributed by atoms with van der Waals surface area (Å²) in [6, 6.07) is 14.9. The normalized spacial score (nSPS) is 12.3. The van der Waals surface area contributed by atoms with Gasteiger partial charge in [-0.25, -0.2) is 17.7 Å². The van der Waals surface area contributed by atoms with Crippen LogP contribution in [-0.4, -0.2) is 29.1 Å². The molecular weight excluding hydrogens is 364 g/mol. The van der Waals surface area contributed by atoms with Gasteiger partial charge in [0.15, 0.2) is 5.76 Å². The van der Waals surface area contributed by atoms with E-state index in [4.69, 9.17) is 4.42 Å². The van der Waals surface area contributed by atoms with Crippen LogP contribution in [0.5, 0.6) is 0 Å². The summed E-state index contributed by atoms with van der Waals surface area (Å²) < 4.78 is 35.9. The van der Waals surface area contributed by atoms with Gasteiger partial charge in [0.2, 0.25) is 10.0 Å². The molecule has 4 rings (SSSR count). The fraction of sp³-hybridized carbons (Fsp3) is 0.105. The van der Waals surface area contributed by atoms with Gasteiger partial charge in [0.05, 0.1) is 6.26 Å². The lowest BCUT2D eigenvalue weighted by molar-refractivity contribution is 0.579. The van der Waals surface area contributed by atoms with Gasteiger partial charge in [-0.05, 0) is 23.8 Å². The number of nitrogens with one attached hydrogen (secondary N) is 1. The van der Waals surface area contributed by atoms with Gasteiger partial charge in [0, 0.05) is 37.0 Å². The van der Waals surface area contributed by atoms with Gasteiger partial charge in [-0.2, -0.15) is 5.10 Å². The highest BCUT2D eigenvalue weighted by Crippen LogP contribution is 2.20. The zero-order chi connectivity index (χ0) is 18.7. The molecule has 0 bridgehead atoms. The number of benzene rings is 1. The number of hydrogen-bond donors (Lipinski definition) is 1. The van der Waals surface area contributed by atoms with Crippen molar-refractivity contribution in [2.45, 2.75) is 6.54 Å². The summed E-state index contributed by atoms with van der Waals surface area (Å²) in [5.41, 5.74) is 2.43. The summed E-state index contributed by atoms with van der Waals surface area (Å²) in [7, 11) is -3.50. The molecule has 27 heavy (non-hydrogen) atoms. The molecule has 3 heterocycles. The van der Waals surface area contributed by atoms with Crippen molar-refractivity contribution in [3.05, 3.63) is 78.2 Å². The third kappa shape index (κ3) is 4.02. The molecule has 4 aromatic rings. The Bertz CT molecular complexity index is 1160. The van der Waals surface area contributed by atoms with Crippen LogP contribution in [0.15, 0.2) is 77.0 Å². The quantitative estimate of drug-likeness (QED) is 0.533. The molecule has 7 nitrogen and oxygen atoms in total. The van der Waals surface area contributed by atoms with Crippen LogP contribution in [0.25, 0.3) is 23.2 Å². The van der Waals surface area contributed by atoms with Crippen LogP contribution < -0.4 is 4.72 Å². The molecule has 8 heteroatoms. The lowest BCUT2D eigenvalue weighted by atomic mass is 10.2. The second-order valence-electron chi connectivity index (χ2n) is 5.95. The number of sulfonamides is 1. The minimum atomic E-state index is -3.50. The maximum Gasteiger partial charge on any atom is 0.233 e. The van der Waals surface area contributed by atoms with Gasteiger partial charge in [-0.1, -0.05) is 30.3 Å². The molecule has 0 atom stereocenters. The second-order valence-corrected chi connectivity index (χ2v) is 7.60. The van der Waals surface area contributed by atoms with Crippen LogP contribution in [0.3, 0.4) is 0 Å². The molecule has 0 aliphatic carbocycles. The lowest BCUT2D eigenvalue weighted by Crippen LogP contribution is -2.25. The summed E-state index contributed by atoms with van der Waals surface area (Å²) in [5.74, 6) is 0.692. The maximum atomic E-state index is 12.1. The van der Waals surface area contributed by atoms with Crippen LogP contribution in [0.2, 0.25) is 0 Å². The van der Waals surface area contributed by atoms with E-state index < -0.39 is 10.0 Å². The first kappa shape index (κ1) is 17.3. The standard InChI is InChI=1S/C19H18N4O3S/c24-27(25,14-8-16-5-2-1-3-6-16)20-9-10-22-11-12-23-19(22)15-17(21-23)18-7-4-13-26-18/h1-8,11-15,20H,9-10H2/b14-8+. The van der Waals surface area contributed by atoms with E-state index in [0.717, 1.165) is 16.9 Å². The fourth-order valence-corrected chi connectivity index (χ4v) is 3.56. The second kappa shape index (κ2) is 7.26. The summed E-state index contributed by atoms with van der Waals surface area (Å²) >= 11 is 0. The number of imidazole rings is 1. The number of rotatable bonds is 7. The SMILES string of the molecule is O=S(=O)(/C=C/c1ccccc1)NCCn1ccn2nc(-c3ccco3)cc12. The number of aromatic nitrogens is 3. The Morgan fingerprint density at radius 2 is 1.96 bits per heavy atom. The number of nitrogens with zero attached hydrogens (tertiary/aromatic N) is 3. The molecule has 0 aliphatic heterocycles. The molecule has 3 aromatic heterocycles. The highest BCUT2D eigenvalue weighted by Gasteiger charge is 2.11. The summed E-state index contributed by atoms with van der Waals surface area (Å²) in [4.78, 5) is 0. The van der Waals surface area contributed by atoms with E-state index >= 15 is 0 Å². The predicted molar refractivity (Wildman–Crippen MR) is 103 cm³/mol. The van der Waals surface area contributed by atoms with Crippen molar-refractivity contribution in [1.82, 2.24) is 18.9 Å². The van der Waals surface area contributed by atoms with Crippen LogP contribution in [0.4, 0.5) is 0 Å². The molecule has 0 fully saturated rings. The van der Waals surface area contributed by atoms with Crippen LogP contribution in [0, 0.1) is 0 Å². The van der Waals surface area contributed by atoms with Gasteiger partial charge in [0.1, 0.15) is 11.3 Å². The Kier molecular flexibility index (Phi) is 4.66. The van der Waals surface area contributed by atoms with Crippen molar-refractivity contribution in [3.63, 3.8) is 0 Å². The molecule has 0 radical (unpaired) electrons. The molecule has 0 saturated carbocycles. The van der Waals surface area contributed by atoms with Gasteiger partial charge in [-0.3, -0.25) is 0 Å². The topological polar surface area (TPSA) is 81.5 Å². The molecule has 0 aliphatic rings. The third-order valence-electron chi connectivity index (χ3n) is 4.07. The monoisotopic (exact) mass is 382 g/mol. The molecule has 1 aromatic carbocycles. The average Bonchev–Trinajstić information content (AvgIpc) is 3.38. The van der Waals surface area contributed by atoms with Crippen molar-refractivity contribution < 1.29 is 12.8 Å². The highest BCUT2D eigenvalue weighted by molar-refractivity contribution is 7.92. The van der Waals surface area contributed by atoms with Crippen molar-refractivity contribution in [2.24, 2.45) is 0 Å². The van der Waals surface area contributed by atoms with Crippen molar-refractivity contribution >= 4 is 21.7 Å². The Hall–Kier alpha value is -3.10. The molecular formula is C19H18N4O3S. The fourth-order valence-electron chi connectivity index (χ4n) is 2.75. The Morgan fingerprint density at radius 3 is 2.74 bits per heavy atom. The molecule has 138 valence electrons. The van der Waals surface area contributed by atoms with E-state index in [9.17, 15) is 8.42 Å². The van der Waals surface area contributed by atoms with Crippen molar-refractivity contribution in [3.8, 4) is 11.5 Å². The van der Waals surface area contributed by atoms with E-state index in [0.29, 0.717) is 12.3 Å². The highest BCUT2D eigenvalue weighted by atomic mass is 32.2. The first-order chi connectivity index (χ1) is 13.1. The van der Waals surface area contributed by atoms with Crippen LogP contribution >= 0.6 is 0 Å². The Morgan fingerprint density at radius 1 is 1.11 bits per heavy atom. The third-order valence-corrected chi connectivity index (χ3v) is 5.17. The van der Waals surface area contributed by atoms with Gasteiger partial charge < -0.3 is 8.98 Å². The van der Waals surface area contributed by atoms with E-state index in [1.807, 2.05) is 65.5 Å². The molecule has 0 unspecified atom stereocenters. The average molecular weight is 382 g/mol. The van der Waals surface area contributed by atoms with Crippen LogP contribution in [0.1, 0.15) is 5.56 Å². The molecule has 0 saturated heterocycles. The Balaban J connectivity index is 1.41. The van der Waals surface area contributed by atoms with Gasteiger partial charge in [-0.15, -0.1) is 0 Å². The number of hydrogen-bond acceptors (Lipinski definition) is 4. The van der Waals surface area contributed by atoms with E-state index in [-0.39, 0.29) is 6.54 Å². The summed E-state index contributed by atoms with van der Waals surface area (Å²) in [5, 5.41) is 5.63. The van der Waals surface area contributed by atoms with Crippen molar-refractivity contribution in [1.29, 1.82) is 0 Å². The van der Waals surface area contributed by atoms with E-state index in [1.54, 1.807) is 16.9 Å². The molecule has 0 spiro atoms. The molecule has 0 amide bonds. The zero-order valence-corrected chi connectivity index (χ0v) is 15.2. The van der Waals surface area contributed by atoms with Gasteiger partial charge >= 0.3 is 0 Å². The lowest BCUT2D eigenvalue weighted by Gasteiger charge is -2.04. The van der Waals surface area contributed by atoms with E-state index in [2.05, 4.69) is 9.82 Å².